The van der Waals surface area contributed by atoms with Crippen molar-refractivity contribution in [3.8, 4) is 0 Å². The molecule has 166 valence electrons. The van der Waals surface area contributed by atoms with E-state index in [1.165, 1.54) is 0 Å². The van der Waals surface area contributed by atoms with Gasteiger partial charge in [-0.3, -0.25) is 9.59 Å². The highest BCUT2D eigenvalue weighted by molar-refractivity contribution is 6.31. The van der Waals surface area contributed by atoms with E-state index < -0.39 is 5.92 Å². The number of halogens is 1. The number of nitrogens with one attached hydrogen (secondary N) is 2. The van der Waals surface area contributed by atoms with Crippen molar-refractivity contribution in [3.05, 3.63) is 137 Å². The number of H-pyrrole nitrogens is 1. The Labute approximate surface area is 202 Å². The van der Waals surface area contributed by atoms with Gasteiger partial charge < -0.3 is 10.3 Å². The summed E-state index contributed by atoms with van der Waals surface area (Å²) in [6.45, 7) is 0. The van der Waals surface area contributed by atoms with Crippen LogP contribution in [0.5, 0.6) is 0 Å². The smallest absolute Gasteiger partial charge is 0.236 e. The third-order valence-electron chi connectivity index (χ3n) is 5.80. The minimum Gasteiger partial charge on any atom is -0.350 e. The zero-order valence-electron chi connectivity index (χ0n) is 18.2. The number of benzene rings is 4. The molecule has 5 aromatic rings. The predicted octanol–water partition coefficient (Wildman–Crippen LogP) is 6.82. The molecule has 5 heteroatoms. The van der Waals surface area contributed by atoms with E-state index in [0.717, 1.165) is 16.5 Å². The van der Waals surface area contributed by atoms with Crippen LogP contribution < -0.4 is 5.32 Å². The van der Waals surface area contributed by atoms with Gasteiger partial charge in [0, 0.05) is 21.5 Å². The number of aromatic amines is 1. The third-order valence-corrected chi connectivity index (χ3v) is 6.03. The molecule has 0 atom stereocenters. The first kappa shape index (κ1) is 21.7. The van der Waals surface area contributed by atoms with Crippen molar-refractivity contribution in [3.63, 3.8) is 0 Å². The number of rotatable bonds is 6. The molecule has 0 saturated heterocycles. The lowest BCUT2D eigenvalue weighted by Crippen LogP contribution is -2.23. The Morgan fingerprint density at radius 3 is 1.88 bits per heavy atom. The van der Waals surface area contributed by atoms with Crippen molar-refractivity contribution in [2.45, 2.75) is 5.92 Å². The van der Waals surface area contributed by atoms with Crippen LogP contribution in [0.3, 0.4) is 0 Å². The van der Waals surface area contributed by atoms with E-state index in [2.05, 4.69) is 10.3 Å². The molecule has 0 fully saturated rings. The van der Waals surface area contributed by atoms with Gasteiger partial charge in [0.15, 0.2) is 0 Å². The molecule has 0 unspecified atom stereocenters. The van der Waals surface area contributed by atoms with Gasteiger partial charge in [-0.2, -0.15) is 0 Å². The normalized spacial score (nSPS) is 11.0. The maximum atomic E-state index is 13.8. The molecule has 34 heavy (non-hydrogen) atoms. The van der Waals surface area contributed by atoms with Crippen LogP contribution in [0.2, 0.25) is 5.02 Å². The number of hydrogen-bond donors (Lipinski definition) is 2. The summed E-state index contributed by atoms with van der Waals surface area (Å²) < 4.78 is 0. The van der Waals surface area contributed by atoms with Crippen LogP contribution in [-0.2, 0) is 4.79 Å². The molecule has 0 spiro atoms. The molecule has 5 rings (SSSR count). The fourth-order valence-electron chi connectivity index (χ4n) is 4.19. The quantitative estimate of drug-likeness (QED) is 0.271. The molecule has 0 aliphatic carbocycles. The fourth-order valence-corrected chi connectivity index (χ4v) is 4.36. The molecule has 0 radical (unpaired) electrons. The highest BCUT2D eigenvalue weighted by Crippen LogP contribution is 2.33. The van der Waals surface area contributed by atoms with E-state index in [1.54, 1.807) is 24.3 Å². The zero-order chi connectivity index (χ0) is 23.5. The fraction of sp³-hybridized carbons (Fsp3) is 0.0345. The van der Waals surface area contributed by atoms with E-state index in [9.17, 15) is 9.59 Å². The molecule has 0 aliphatic rings. The van der Waals surface area contributed by atoms with Crippen molar-refractivity contribution in [2.24, 2.45) is 0 Å². The average Bonchev–Trinajstić information content (AvgIpc) is 3.22. The van der Waals surface area contributed by atoms with Gasteiger partial charge in [0.05, 0.1) is 11.6 Å². The third kappa shape index (κ3) is 4.24. The largest absolute Gasteiger partial charge is 0.350 e. The van der Waals surface area contributed by atoms with Crippen LogP contribution in [0, 0.1) is 0 Å². The zero-order valence-corrected chi connectivity index (χ0v) is 18.9. The summed E-state index contributed by atoms with van der Waals surface area (Å²) >= 11 is 6.20. The number of hydrogen-bond acceptors (Lipinski definition) is 2. The number of anilines is 1. The Hall–Kier alpha value is -4.15. The number of carbonyl (C=O) groups is 2. The Kier molecular flexibility index (Phi) is 5.98. The monoisotopic (exact) mass is 464 g/mol. The lowest BCUT2D eigenvalue weighted by atomic mass is 9.90. The Bertz CT molecular complexity index is 1420. The second-order valence-corrected chi connectivity index (χ2v) is 8.44. The summed E-state index contributed by atoms with van der Waals surface area (Å²) in [7, 11) is 0. The molecule has 1 amide bonds. The SMILES string of the molecule is O=C(c1ccccc1)c1[nH]c2cc(Cl)ccc2c1NC(=O)C(c1ccccc1)c1ccccc1. The van der Waals surface area contributed by atoms with Crippen molar-refractivity contribution >= 4 is 39.9 Å². The molecular weight excluding hydrogens is 444 g/mol. The molecule has 4 aromatic carbocycles. The number of amides is 1. The van der Waals surface area contributed by atoms with Gasteiger partial charge in [-0.25, -0.2) is 0 Å². The van der Waals surface area contributed by atoms with Crippen LogP contribution in [0.1, 0.15) is 33.1 Å². The first-order valence-corrected chi connectivity index (χ1v) is 11.3. The second kappa shape index (κ2) is 9.38. The van der Waals surface area contributed by atoms with Crippen LogP contribution in [0.4, 0.5) is 5.69 Å². The Balaban J connectivity index is 1.61. The molecule has 4 nitrogen and oxygen atoms in total. The first-order chi connectivity index (χ1) is 16.6. The molecule has 0 aliphatic heterocycles. The molecule has 0 bridgehead atoms. The summed E-state index contributed by atoms with van der Waals surface area (Å²) in [5, 5.41) is 4.32. The van der Waals surface area contributed by atoms with E-state index in [-0.39, 0.29) is 11.7 Å². The van der Waals surface area contributed by atoms with Gasteiger partial charge in [0.2, 0.25) is 11.7 Å². The maximum absolute atomic E-state index is 13.8. The summed E-state index contributed by atoms with van der Waals surface area (Å²) in [5.41, 5.74) is 3.70. The molecule has 0 saturated carbocycles. The van der Waals surface area contributed by atoms with Gasteiger partial charge in [-0.15, -0.1) is 0 Å². The average molecular weight is 465 g/mol. The number of aromatic nitrogens is 1. The standard InChI is InChI=1S/C29H21ClN2O2/c30-22-16-17-23-24(18-22)31-27(28(33)21-14-8-3-9-15-21)26(23)32-29(34)25(19-10-4-1-5-11-19)20-12-6-2-7-13-20/h1-18,25,31H,(H,32,34). The maximum Gasteiger partial charge on any atom is 0.236 e. The predicted molar refractivity (Wildman–Crippen MR) is 137 cm³/mol. The molecule has 2 N–H and O–H groups in total. The van der Waals surface area contributed by atoms with E-state index in [0.29, 0.717) is 27.5 Å². The van der Waals surface area contributed by atoms with Crippen molar-refractivity contribution < 1.29 is 9.59 Å². The van der Waals surface area contributed by atoms with Crippen molar-refractivity contribution in [2.75, 3.05) is 5.32 Å². The van der Waals surface area contributed by atoms with E-state index in [4.69, 9.17) is 11.6 Å². The van der Waals surface area contributed by atoms with Crippen LogP contribution in [-0.4, -0.2) is 16.7 Å². The Morgan fingerprint density at radius 1 is 0.735 bits per heavy atom. The number of carbonyl (C=O) groups excluding carboxylic acids is 2. The molecule has 1 aromatic heterocycles. The van der Waals surface area contributed by atoms with Gasteiger partial charge >= 0.3 is 0 Å². The lowest BCUT2D eigenvalue weighted by Gasteiger charge is -2.18. The molecular formula is C29H21ClN2O2. The van der Waals surface area contributed by atoms with Crippen molar-refractivity contribution in [1.82, 2.24) is 4.98 Å². The van der Waals surface area contributed by atoms with E-state index in [1.807, 2.05) is 84.9 Å². The number of fused-ring (bicyclic) bond motifs is 1. The summed E-state index contributed by atoms with van der Waals surface area (Å²) in [6, 6.07) is 33.5. The summed E-state index contributed by atoms with van der Waals surface area (Å²) in [5.74, 6) is -0.978. The topological polar surface area (TPSA) is 62.0 Å². The van der Waals surface area contributed by atoms with E-state index >= 15 is 0 Å². The van der Waals surface area contributed by atoms with Gasteiger partial charge in [0.25, 0.3) is 0 Å². The van der Waals surface area contributed by atoms with Gasteiger partial charge in [-0.05, 0) is 29.3 Å². The number of ketones is 1. The second-order valence-electron chi connectivity index (χ2n) is 8.00. The van der Waals surface area contributed by atoms with Gasteiger partial charge in [-0.1, -0.05) is 103 Å². The van der Waals surface area contributed by atoms with Gasteiger partial charge in [0.1, 0.15) is 5.69 Å². The van der Waals surface area contributed by atoms with Crippen LogP contribution in [0.15, 0.2) is 109 Å². The first-order valence-electron chi connectivity index (χ1n) is 10.9. The summed E-state index contributed by atoms with van der Waals surface area (Å²) in [6.07, 6.45) is 0. The summed E-state index contributed by atoms with van der Waals surface area (Å²) in [4.78, 5) is 30.3. The van der Waals surface area contributed by atoms with Crippen molar-refractivity contribution in [1.29, 1.82) is 0 Å². The Morgan fingerprint density at radius 2 is 1.29 bits per heavy atom. The molecule has 1 heterocycles. The van der Waals surface area contributed by atoms with Crippen LogP contribution >= 0.6 is 11.6 Å². The highest BCUT2D eigenvalue weighted by atomic mass is 35.5. The minimum absolute atomic E-state index is 0.209. The lowest BCUT2D eigenvalue weighted by molar-refractivity contribution is -0.116. The highest BCUT2D eigenvalue weighted by Gasteiger charge is 2.26. The van der Waals surface area contributed by atoms with Crippen LogP contribution in [0.25, 0.3) is 10.9 Å². The minimum atomic E-state index is -0.542.